The molecule has 2 heterocycles. The first-order chi connectivity index (χ1) is 9.27. The van der Waals surface area contributed by atoms with E-state index in [1.165, 1.54) is 5.56 Å². The van der Waals surface area contributed by atoms with Crippen molar-refractivity contribution >= 4 is 29.7 Å². The Balaban J connectivity index is 0.00000200. The molecule has 0 bridgehead atoms. The summed E-state index contributed by atoms with van der Waals surface area (Å²) in [5.41, 5.74) is 1.20. The number of carbonyl (C=O) groups excluding carboxylic acids is 1. The Bertz CT molecular complexity index is 416. The Morgan fingerprint density at radius 3 is 2.70 bits per heavy atom. The lowest BCUT2D eigenvalue weighted by Gasteiger charge is -2.34. The molecule has 1 aromatic rings. The van der Waals surface area contributed by atoms with Crippen molar-refractivity contribution in [2.45, 2.75) is 45.6 Å². The van der Waals surface area contributed by atoms with Crippen molar-refractivity contribution < 1.29 is 4.79 Å². The van der Waals surface area contributed by atoms with Gasteiger partial charge in [0.05, 0.1) is 4.88 Å². The largest absolute Gasteiger partial charge is 0.335 e. The number of aryl methyl sites for hydroxylation is 1. The number of amides is 1. The first-order valence-corrected chi connectivity index (χ1v) is 8.24. The number of rotatable bonds is 5. The third kappa shape index (κ3) is 3.96. The van der Waals surface area contributed by atoms with E-state index in [-0.39, 0.29) is 18.3 Å². The molecule has 0 aliphatic carbocycles. The van der Waals surface area contributed by atoms with Gasteiger partial charge in [0.2, 0.25) is 0 Å². The quantitative estimate of drug-likeness (QED) is 0.903. The highest BCUT2D eigenvalue weighted by Gasteiger charge is 2.27. The molecule has 0 spiro atoms. The molecule has 0 unspecified atom stereocenters. The lowest BCUT2D eigenvalue weighted by atomic mass is 10.0. The standard InChI is InChI=1S/C15H24N2OS.ClH/c1-3-10-17(13-5-8-16-9-6-13)15(18)14-12(4-2)7-11-19-14;/h7,11,13,16H,3-6,8-10H2,1-2H3;1H. The number of nitrogens with one attached hydrogen (secondary N) is 1. The monoisotopic (exact) mass is 316 g/mol. The van der Waals surface area contributed by atoms with Gasteiger partial charge in [-0.05, 0) is 55.8 Å². The molecule has 0 radical (unpaired) electrons. The number of piperidine rings is 1. The number of hydrogen-bond acceptors (Lipinski definition) is 3. The van der Waals surface area contributed by atoms with Crippen molar-refractivity contribution in [2.24, 2.45) is 0 Å². The van der Waals surface area contributed by atoms with Crippen LogP contribution >= 0.6 is 23.7 Å². The maximum atomic E-state index is 12.8. The number of nitrogens with zero attached hydrogens (tertiary/aromatic N) is 1. The Morgan fingerprint density at radius 1 is 1.40 bits per heavy atom. The summed E-state index contributed by atoms with van der Waals surface area (Å²) < 4.78 is 0. The van der Waals surface area contributed by atoms with Crippen LogP contribution in [-0.4, -0.2) is 36.5 Å². The van der Waals surface area contributed by atoms with E-state index in [0.717, 1.165) is 50.2 Å². The van der Waals surface area contributed by atoms with Crippen LogP contribution in [0.5, 0.6) is 0 Å². The predicted molar refractivity (Wildman–Crippen MR) is 88.2 cm³/mol. The van der Waals surface area contributed by atoms with Gasteiger partial charge in [0.25, 0.3) is 5.91 Å². The molecule has 1 N–H and O–H groups in total. The van der Waals surface area contributed by atoms with Crippen LogP contribution in [0.4, 0.5) is 0 Å². The van der Waals surface area contributed by atoms with Crippen LogP contribution < -0.4 is 5.32 Å². The van der Waals surface area contributed by atoms with Gasteiger partial charge in [-0.3, -0.25) is 4.79 Å². The Morgan fingerprint density at radius 2 is 2.10 bits per heavy atom. The predicted octanol–water partition coefficient (Wildman–Crippen LogP) is 3.34. The van der Waals surface area contributed by atoms with Gasteiger partial charge in [-0.15, -0.1) is 23.7 Å². The van der Waals surface area contributed by atoms with E-state index in [9.17, 15) is 4.79 Å². The van der Waals surface area contributed by atoms with E-state index in [1.54, 1.807) is 11.3 Å². The molecule has 20 heavy (non-hydrogen) atoms. The fraction of sp³-hybridized carbons (Fsp3) is 0.667. The zero-order chi connectivity index (χ0) is 13.7. The van der Waals surface area contributed by atoms with Crippen molar-refractivity contribution in [3.63, 3.8) is 0 Å². The third-order valence-corrected chi connectivity index (χ3v) is 4.74. The van der Waals surface area contributed by atoms with Gasteiger partial charge >= 0.3 is 0 Å². The molecule has 114 valence electrons. The highest BCUT2D eigenvalue weighted by Crippen LogP contribution is 2.23. The summed E-state index contributed by atoms with van der Waals surface area (Å²) in [5.74, 6) is 0.251. The second-order valence-electron chi connectivity index (χ2n) is 5.11. The summed E-state index contributed by atoms with van der Waals surface area (Å²) in [5, 5.41) is 5.41. The van der Waals surface area contributed by atoms with E-state index in [4.69, 9.17) is 0 Å². The minimum atomic E-state index is 0. The van der Waals surface area contributed by atoms with Crippen molar-refractivity contribution in [1.82, 2.24) is 10.2 Å². The molecular formula is C15H25ClN2OS. The van der Waals surface area contributed by atoms with E-state index in [0.29, 0.717) is 6.04 Å². The molecule has 1 amide bonds. The third-order valence-electron chi connectivity index (χ3n) is 3.80. The zero-order valence-corrected chi connectivity index (χ0v) is 14.0. The number of hydrogen-bond donors (Lipinski definition) is 1. The van der Waals surface area contributed by atoms with E-state index in [1.807, 2.05) is 5.38 Å². The van der Waals surface area contributed by atoms with Crippen LogP contribution in [0.2, 0.25) is 0 Å². The zero-order valence-electron chi connectivity index (χ0n) is 12.4. The normalized spacial score (nSPS) is 15.7. The molecule has 1 saturated heterocycles. The average Bonchev–Trinajstić information content (AvgIpc) is 2.93. The summed E-state index contributed by atoms with van der Waals surface area (Å²) in [6, 6.07) is 2.50. The molecule has 2 rings (SSSR count). The van der Waals surface area contributed by atoms with E-state index < -0.39 is 0 Å². The van der Waals surface area contributed by atoms with Crippen LogP contribution in [0.1, 0.15) is 48.3 Å². The first kappa shape index (κ1) is 17.5. The molecule has 1 fully saturated rings. The summed E-state index contributed by atoms with van der Waals surface area (Å²) in [7, 11) is 0. The van der Waals surface area contributed by atoms with Gasteiger partial charge in [0.1, 0.15) is 0 Å². The highest BCUT2D eigenvalue weighted by molar-refractivity contribution is 7.12. The topological polar surface area (TPSA) is 32.3 Å². The molecule has 1 aliphatic rings. The van der Waals surface area contributed by atoms with E-state index in [2.05, 4.69) is 30.1 Å². The highest BCUT2D eigenvalue weighted by atomic mass is 35.5. The van der Waals surface area contributed by atoms with Gasteiger partial charge < -0.3 is 10.2 Å². The van der Waals surface area contributed by atoms with Crippen LogP contribution in [0, 0.1) is 0 Å². The maximum Gasteiger partial charge on any atom is 0.264 e. The number of thiophene rings is 1. The molecule has 0 saturated carbocycles. The Hall–Kier alpha value is -0.580. The molecule has 1 aliphatic heterocycles. The second-order valence-corrected chi connectivity index (χ2v) is 6.02. The summed E-state index contributed by atoms with van der Waals surface area (Å²) in [6.07, 6.45) is 4.14. The van der Waals surface area contributed by atoms with Crippen LogP contribution in [0.15, 0.2) is 11.4 Å². The Labute approximate surface area is 132 Å². The van der Waals surface area contributed by atoms with Gasteiger partial charge in [-0.1, -0.05) is 13.8 Å². The molecule has 5 heteroatoms. The molecular weight excluding hydrogens is 292 g/mol. The summed E-state index contributed by atoms with van der Waals surface area (Å²) >= 11 is 1.59. The lowest BCUT2D eigenvalue weighted by Crippen LogP contribution is -2.46. The van der Waals surface area contributed by atoms with Crippen LogP contribution in [0.3, 0.4) is 0 Å². The average molecular weight is 317 g/mol. The van der Waals surface area contributed by atoms with Crippen molar-refractivity contribution in [2.75, 3.05) is 19.6 Å². The summed E-state index contributed by atoms with van der Waals surface area (Å²) in [6.45, 7) is 7.21. The molecule has 0 atom stereocenters. The second kappa shape index (κ2) is 8.65. The smallest absolute Gasteiger partial charge is 0.264 e. The van der Waals surface area contributed by atoms with Gasteiger partial charge in [0.15, 0.2) is 0 Å². The fourth-order valence-corrected chi connectivity index (χ4v) is 3.69. The van der Waals surface area contributed by atoms with Crippen molar-refractivity contribution in [1.29, 1.82) is 0 Å². The van der Waals surface area contributed by atoms with Crippen molar-refractivity contribution in [3.8, 4) is 0 Å². The minimum Gasteiger partial charge on any atom is -0.335 e. The molecule has 0 aromatic carbocycles. The van der Waals surface area contributed by atoms with Gasteiger partial charge in [0, 0.05) is 12.6 Å². The van der Waals surface area contributed by atoms with Gasteiger partial charge in [-0.25, -0.2) is 0 Å². The minimum absolute atomic E-state index is 0. The fourth-order valence-electron chi connectivity index (χ4n) is 2.74. The first-order valence-electron chi connectivity index (χ1n) is 7.36. The van der Waals surface area contributed by atoms with E-state index >= 15 is 0 Å². The summed E-state index contributed by atoms with van der Waals surface area (Å²) in [4.78, 5) is 15.9. The Kier molecular flexibility index (Phi) is 7.56. The van der Waals surface area contributed by atoms with Crippen LogP contribution in [0.25, 0.3) is 0 Å². The number of halogens is 1. The van der Waals surface area contributed by atoms with Crippen molar-refractivity contribution in [3.05, 3.63) is 21.9 Å². The van der Waals surface area contributed by atoms with Gasteiger partial charge in [-0.2, -0.15) is 0 Å². The molecule has 3 nitrogen and oxygen atoms in total. The number of carbonyl (C=O) groups is 1. The lowest BCUT2D eigenvalue weighted by molar-refractivity contribution is 0.0646. The molecule has 1 aromatic heterocycles. The van der Waals surface area contributed by atoms with Crippen LogP contribution in [-0.2, 0) is 6.42 Å². The SMILES string of the molecule is CCCN(C(=O)c1sccc1CC)C1CCNCC1.Cl. The maximum absolute atomic E-state index is 12.8.